The molecular formula is C16H17N3O. The van der Waals surface area contributed by atoms with Gasteiger partial charge in [0.15, 0.2) is 0 Å². The molecule has 4 rings (SSSR count). The lowest BCUT2D eigenvalue weighted by atomic mass is 9.90. The van der Waals surface area contributed by atoms with Crippen LogP contribution in [0, 0.1) is 5.92 Å². The highest BCUT2D eigenvalue weighted by Gasteiger charge is 2.44. The maximum Gasteiger partial charge on any atom is 0.254 e. The average molecular weight is 267 g/mol. The van der Waals surface area contributed by atoms with Gasteiger partial charge >= 0.3 is 0 Å². The minimum absolute atomic E-state index is 0.153. The third-order valence-corrected chi connectivity index (χ3v) is 4.62. The molecule has 0 radical (unpaired) electrons. The minimum Gasteiger partial charge on any atom is -0.345 e. The SMILES string of the molecule is O=C(c1ccccc1-c1ncc[nH]1)N1C[C@@H]2CCC[C@@H]21. The van der Waals surface area contributed by atoms with E-state index >= 15 is 0 Å². The fraction of sp³-hybridized carbons (Fsp3) is 0.375. The van der Waals surface area contributed by atoms with Crippen LogP contribution in [0.25, 0.3) is 11.4 Å². The summed E-state index contributed by atoms with van der Waals surface area (Å²) in [7, 11) is 0. The van der Waals surface area contributed by atoms with Crippen LogP contribution in [0.3, 0.4) is 0 Å². The Kier molecular flexibility index (Phi) is 2.62. The van der Waals surface area contributed by atoms with Crippen molar-refractivity contribution in [2.24, 2.45) is 5.92 Å². The Hall–Kier alpha value is -2.10. The molecule has 0 spiro atoms. The monoisotopic (exact) mass is 267 g/mol. The summed E-state index contributed by atoms with van der Waals surface area (Å²) >= 11 is 0. The van der Waals surface area contributed by atoms with Gasteiger partial charge in [-0.25, -0.2) is 4.98 Å². The summed E-state index contributed by atoms with van der Waals surface area (Å²) < 4.78 is 0. The Bertz CT molecular complexity index is 635. The van der Waals surface area contributed by atoms with Gasteiger partial charge in [0.05, 0.1) is 5.56 Å². The highest BCUT2D eigenvalue weighted by atomic mass is 16.2. The van der Waals surface area contributed by atoms with E-state index in [1.54, 1.807) is 12.4 Å². The second kappa shape index (κ2) is 4.47. The number of rotatable bonds is 2. The average Bonchev–Trinajstić information content (AvgIpc) is 3.09. The molecule has 1 N–H and O–H groups in total. The number of carbonyl (C=O) groups excluding carboxylic acids is 1. The van der Waals surface area contributed by atoms with Crippen molar-refractivity contribution in [3.05, 3.63) is 42.2 Å². The normalized spacial score (nSPS) is 24.3. The van der Waals surface area contributed by atoms with Gasteiger partial charge in [0.1, 0.15) is 5.82 Å². The Balaban J connectivity index is 1.67. The molecule has 2 aromatic rings. The number of amides is 1. The van der Waals surface area contributed by atoms with E-state index in [0.29, 0.717) is 6.04 Å². The fourth-order valence-electron chi connectivity index (χ4n) is 3.57. The van der Waals surface area contributed by atoms with Crippen molar-refractivity contribution in [2.45, 2.75) is 25.3 Å². The number of benzene rings is 1. The molecule has 1 saturated carbocycles. The smallest absolute Gasteiger partial charge is 0.254 e. The predicted octanol–water partition coefficient (Wildman–Crippen LogP) is 2.70. The van der Waals surface area contributed by atoms with E-state index in [1.807, 2.05) is 29.2 Å². The molecular weight excluding hydrogens is 250 g/mol. The standard InChI is InChI=1S/C16H17N3O/c20-16(19-10-11-4-3-7-14(11)19)13-6-2-1-5-12(13)15-17-8-9-18-15/h1-2,5-6,8-9,11,14H,3-4,7,10H2,(H,17,18)/t11-,14-/m0/s1. The van der Waals surface area contributed by atoms with Crippen LogP contribution in [0.5, 0.6) is 0 Å². The summed E-state index contributed by atoms with van der Waals surface area (Å²) in [6.07, 6.45) is 7.22. The zero-order valence-corrected chi connectivity index (χ0v) is 11.2. The van der Waals surface area contributed by atoms with E-state index in [2.05, 4.69) is 9.97 Å². The first kappa shape index (κ1) is 11.7. The summed E-state index contributed by atoms with van der Waals surface area (Å²) in [6, 6.07) is 8.21. The van der Waals surface area contributed by atoms with Gasteiger partial charge in [-0.1, -0.05) is 24.6 Å². The second-order valence-electron chi connectivity index (χ2n) is 5.70. The highest BCUT2D eigenvalue weighted by Crippen LogP contribution is 2.40. The Labute approximate surface area is 117 Å². The third kappa shape index (κ3) is 1.68. The van der Waals surface area contributed by atoms with Gasteiger partial charge in [-0.05, 0) is 24.8 Å². The Morgan fingerprint density at radius 3 is 3.00 bits per heavy atom. The van der Waals surface area contributed by atoms with Crippen molar-refractivity contribution < 1.29 is 4.79 Å². The maximum absolute atomic E-state index is 12.8. The van der Waals surface area contributed by atoms with Gasteiger partial charge in [-0.3, -0.25) is 4.79 Å². The van der Waals surface area contributed by atoms with Crippen molar-refractivity contribution in [1.29, 1.82) is 0 Å². The van der Waals surface area contributed by atoms with Crippen LogP contribution in [-0.4, -0.2) is 33.4 Å². The highest BCUT2D eigenvalue weighted by molar-refractivity contribution is 6.00. The van der Waals surface area contributed by atoms with Crippen molar-refractivity contribution in [1.82, 2.24) is 14.9 Å². The van der Waals surface area contributed by atoms with Gasteiger partial charge in [0, 0.05) is 30.5 Å². The van der Waals surface area contributed by atoms with E-state index in [1.165, 1.54) is 19.3 Å². The fourth-order valence-corrected chi connectivity index (χ4v) is 3.57. The number of aromatic amines is 1. The number of fused-ring (bicyclic) bond motifs is 1. The minimum atomic E-state index is 0.153. The lowest BCUT2D eigenvalue weighted by molar-refractivity contribution is 0.0270. The van der Waals surface area contributed by atoms with Crippen LogP contribution in [0.4, 0.5) is 0 Å². The first-order chi connectivity index (χ1) is 9.84. The zero-order chi connectivity index (χ0) is 13.5. The van der Waals surface area contributed by atoms with E-state index in [-0.39, 0.29) is 5.91 Å². The molecule has 2 aliphatic rings. The Morgan fingerprint density at radius 2 is 2.20 bits per heavy atom. The molecule has 2 heterocycles. The summed E-state index contributed by atoms with van der Waals surface area (Å²) in [6.45, 7) is 0.927. The van der Waals surface area contributed by atoms with Crippen molar-refractivity contribution in [3.8, 4) is 11.4 Å². The molecule has 102 valence electrons. The van der Waals surface area contributed by atoms with Gasteiger partial charge in [-0.2, -0.15) is 0 Å². The topological polar surface area (TPSA) is 49.0 Å². The molecule has 1 aliphatic carbocycles. The molecule has 1 amide bonds. The number of aromatic nitrogens is 2. The Morgan fingerprint density at radius 1 is 1.30 bits per heavy atom. The summed E-state index contributed by atoms with van der Waals surface area (Å²) in [4.78, 5) is 22.2. The third-order valence-electron chi connectivity index (χ3n) is 4.62. The molecule has 1 aromatic heterocycles. The number of imidazole rings is 1. The molecule has 1 saturated heterocycles. The first-order valence-electron chi connectivity index (χ1n) is 7.24. The zero-order valence-electron chi connectivity index (χ0n) is 11.2. The predicted molar refractivity (Wildman–Crippen MR) is 76.2 cm³/mol. The van der Waals surface area contributed by atoms with Crippen LogP contribution in [0.1, 0.15) is 29.6 Å². The van der Waals surface area contributed by atoms with Crippen LogP contribution < -0.4 is 0 Å². The molecule has 1 aromatic carbocycles. The van der Waals surface area contributed by atoms with Crippen LogP contribution in [-0.2, 0) is 0 Å². The van der Waals surface area contributed by atoms with Crippen molar-refractivity contribution in [2.75, 3.05) is 6.54 Å². The number of nitrogens with zero attached hydrogens (tertiary/aromatic N) is 2. The maximum atomic E-state index is 12.8. The largest absolute Gasteiger partial charge is 0.345 e. The quantitative estimate of drug-likeness (QED) is 0.909. The van der Waals surface area contributed by atoms with Crippen LogP contribution >= 0.6 is 0 Å². The molecule has 20 heavy (non-hydrogen) atoms. The van der Waals surface area contributed by atoms with E-state index in [0.717, 1.165) is 29.4 Å². The number of likely N-dealkylation sites (tertiary alicyclic amines) is 1. The molecule has 0 unspecified atom stereocenters. The van der Waals surface area contributed by atoms with Crippen molar-refractivity contribution in [3.63, 3.8) is 0 Å². The number of nitrogens with one attached hydrogen (secondary N) is 1. The van der Waals surface area contributed by atoms with E-state index in [9.17, 15) is 4.79 Å². The lowest BCUT2D eigenvalue weighted by Crippen LogP contribution is -2.56. The van der Waals surface area contributed by atoms with Gasteiger partial charge in [0.2, 0.25) is 0 Å². The molecule has 0 bridgehead atoms. The summed E-state index contributed by atoms with van der Waals surface area (Å²) in [5, 5.41) is 0. The van der Waals surface area contributed by atoms with Gasteiger partial charge in [-0.15, -0.1) is 0 Å². The molecule has 4 heteroatoms. The van der Waals surface area contributed by atoms with Crippen LogP contribution in [0.15, 0.2) is 36.7 Å². The van der Waals surface area contributed by atoms with Crippen molar-refractivity contribution >= 4 is 5.91 Å². The van der Waals surface area contributed by atoms with Gasteiger partial charge in [0.25, 0.3) is 5.91 Å². The van der Waals surface area contributed by atoms with Gasteiger partial charge < -0.3 is 9.88 Å². The van der Waals surface area contributed by atoms with Crippen LogP contribution in [0.2, 0.25) is 0 Å². The number of hydrogen-bond acceptors (Lipinski definition) is 2. The van der Waals surface area contributed by atoms with E-state index < -0.39 is 0 Å². The molecule has 1 aliphatic heterocycles. The number of carbonyl (C=O) groups is 1. The number of hydrogen-bond donors (Lipinski definition) is 1. The molecule has 2 atom stereocenters. The second-order valence-corrected chi connectivity index (χ2v) is 5.70. The number of H-pyrrole nitrogens is 1. The molecule has 2 fully saturated rings. The summed E-state index contributed by atoms with van der Waals surface area (Å²) in [5.74, 6) is 1.66. The first-order valence-corrected chi connectivity index (χ1v) is 7.24. The molecule has 4 nitrogen and oxygen atoms in total. The lowest BCUT2D eigenvalue weighted by Gasteiger charge is -2.44. The summed E-state index contributed by atoms with van der Waals surface area (Å²) in [5.41, 5.74) is 1.65. The van der Waals surface area contributed by atoms with E-state index in [4.69, 9.17) is 0 Å².